The van der Waals surface area contributed by atoms with Gasteiger partial charge in [0.25, 0.3) is 5.91 Å². The normalized spacial score (nSPS) is 22.0. The molecule has 0 radical (unpaired) electrons. The minimum atomic E-state index is -0.268. The first-order chi connectivity index (χ1) is 18.5. The molecule has 1 amide bonds. The number of fused-ring (bicyclic) bond motifs is 2. The van der Waals surface area contributed by atoms with E-state index in [1.165, 1.54) is 28.8 Å². The summed E-state index contributed by atoms with van der Waals surface area (Å²) in [5.41, 5.74) is 6.95. The maximum Gasteiger partial charge on any atom is 0.272 e. The van der Waals surface area contributed by atoms with E-state index in [4.69, 9.17) is 0 Å². The van der Waals surface area contributed by atoms with E-state index in [-0.39, 0.29) is 17.1 Å². The number of amides is 1. The molecule has 5 nitrogen and oxygen atoms in total. The Balaban J connectivity index is 1.30. The number of rotatable bonds is 4. The van der Waals surface area contributed by atoms with Crippen molar-refractivity contribution in [3.05, 3.63) is 125 Å². The van der Waals surface area contributed by atoms with Crippen LogP contribution in [0.3, 0.4) is 0 Å². The van der Waals surface area contributed by atoms with Gasteiger partial charge >= 0.3 is 0 Å². The van der Waals surface area contributed by atoms with E-state index in [2.05, 4.69) is 53.4 Å². The fourth-order valence-corrected chi connectivity index (χ4v) is 6.64. The van der Waals surface area contributed by atoms with Crippen LogP contribution in [0.4, 0.5) is 4.39 Å². The van der Waals surface area contributed by atoms with E-state index in [9.17, 15) is 9.18 Å². The summed E-state index contributed by atoms with van der Waals surface area (Å²) in [6, 6.07) is 25.2. The predicted molar refractivity (Wildman–Crippen MR) is 145 cm³/mol. The molecule has 2 aliphatic rings. The summed E-state index contributed by atoms with van der Waals surface area (Å²) >= 11 is 0. The Kier molecular flexibility index (Phi) is 5.02. The summed E-state index contributed by atoms with van der Waals surface area (Å²) in [5, 5.41) is 5.66. The van der Waals surface area contributed by atoms with Crippen LogP contribution >= 0.6 is 0 Å². The zero-order valence-electron chi connectivity index (χ0n) is 21.3. The minimum absolute atomic E-state index is 0.00810. The highest BCUT2D eigenvalue weighted by atomic mass is 19.1. The van der Waals surface area contributed by atoms with Crippen LogP contribution in [0.15, 0.2) is 91.3 Å². The third-order valence-corrected chi connectivity index (χ3v) is 8.44. The zero-order valence-corrected chi connectivity index (χ0v) is 21.3. The first-order valence-electron chi connectivity index (χ1n) is 13.0. The number of aromatic nitrogens is 3. The quantitative estimate of drug-likeness (QED) is 0.304. The van der Waals surface area contributed by atoms with Crippen molar-refractivity contribution >= 4 is 16.8 Å². The second-order valence-corrected chi connectivity index (χ2v) is 10.7. The van der Waals surface area contributed by atoms with Gasteiger partial charge in [0.05, 0.1) is 17.4 Å². The molecule has 1 saturated carbocycles. The standard InChI is InChI=1S/C32H27FN4O/c1-20-8-13-28(34-16-20)31(38)36-18-27-30(22-6-4-3-5-7-22)32(27,19-36)26-15-23-17-35-37(29(23)14-21(26)2)25-11-9-24(33)10-12-25/h3-17,27,30H,18-19H2,1-2H3/t27-,30-,32+/m0/s1. The van der Waals surface area contributed by atoms with Gasteiger partial charge in [-0.05, 0) is 84.5 Å². The summed E-state index contributed by atoms with van der Waals surface area (Å²) in [5.74, 6) is 0.409. The molecule has 38 heavy (non-hydrogen) atoms. The molecular weight excluding hydrogens is 475 g/mol. The van der Waals surface area contributed by atoms with Crippen molar-refractivity contribution in [2.24, 2.45) is 5.92 Å². The van der Waals surface area contributed by atoms with Crippen molar-refractivity contribution in [2.45, 2.75) is 25.2 Å². The average Bonchev–Trinajstić information content (AvgIpc) is 3.19. The van der Waals surface area contributed by atoms with Crippen molar-refractivity contribution < 1.29 is 9.18 Å². The summed E-state index contributed by atoms with van der Waals surface area (Å²) < 4.78 is 15.4. The third kappa shape index (κ3) is 3.40. The number of benzene rings is 3. The maximum absolute atomic E-state index is 13.5. The molecule has 1 aliphatic carbocycles. The maximum atomic E-state index is 13.5. The van der Waals surface area contributed by atoms with Crippen LogP contribution in [0.1, 0.15) is 38.7 Å². The molecule has 3 aromatic carbocycles. The number of carbonyl (C=O) groups excluding carboxylic acids is 1. The number of hydrogen-bond donors (Lipinski definition) is 0. The molecule has 1 aliphatic heterocycles. The van der Waals surface area contributed by atoms with Crippen LogP contribution < -0.4 is 0 Å². The Morgan fingerprint density at radius 3 is 2.50 bits per heavy atom. The van der Waals surface area contributed by atoms with Gasteiger partial charge in [-0.15, -0.1) is 0 Å². The Hall–Kier alpha value is -4.32. The van der Waals surface area contributed by atoms with Gasteiger partial charge in [-0.25, -0.2) is 9.07 Å². The second-order valence-electron chi connectivity index (χ2n) is 10.7. The van der Waals surface area contributed by atoms with Crippen LogP contribution in [0, 0.1) is 25.6 Å². The molecule has 0 spiro atoms. The lowest BCUT2D eigenvalue weighted by Crippen LogP contribution is -2.35. The number of piperidine rings is 1. The van der Waals surface area contributed by atoms with Gasteiger partial charge in [-0.3, -0.25) is 9.78 Å². The summed E-state index contributed by atoms with van der Waals surface area (Å²) in [6.45, 7) is 5.49. The van der Waals surface area contributed by atoms with Gasteiger partial charge in [0.2, 0.25) is 0 Å². The molecule has 5 aromatic rings. The second kappa shape index (κ2) is 8.35. The van der Waals surface area contributed by atoms with Crippen LogP contribution in [0.25, 0.3) is 16.6 Å². The Labute approximate surface area is 220 Å². The smallest absolute Gasteiger partial charge is 0.272 e. The summed E-state index contributed by atoms with van der Waals surface area (Å²) in [7, 11) is 0. The molecular formula is C32H27FN4O. The van der Waals surface area contributed by atoms with Crippen LogP contribution in [0.5, 0.6) is 0 Å². The SMILES string of the molecule is Cc1ccc(C(=O)N2C[C@H]3[C@H](c4ccccc4)[C@@]3(c3cc4cnn(-c5ccc(F)cc5)c4cc3C)C2)nc1. The molecule has 3 atom stereocenters. The first kappa shape index (κ1) is 22.8. The van der Waals surface area contributed by atoms with Crippen LogP contribution in [0.2, 0.25) is 0 Å². The topological polar surface area (TPSA) is 51.0 Å². The van der Waals surface area contributed by atoms with Gasteiger partial charge in [0.1, 0.15) is 11.5 Å². The summed E-state index contributed by atoms with van der Waals surface area (Å²) in [6.07, 6.45) is 3.63. The first-order valence-corrected chi connectivity index (χ1v) is 13.0. The highest BCUT2D eigenvalue weighted by Gasteiger charge is 2.71. The number of likely N-dealkylation sites (tertiary alicyclic amines) is 1. The number of pyridine rings is 1. The van der Waals surface area contributed by atoms with Crippen molar-refractivity contribution in [1.82, 2.24) is 19.7 Å². The molecule has 3 heterocycles. The van der Waals surface area contributed by atoms with Crippen LogP contribution in [-0.2, 0) is 5.41 Å². The zero-order chi connectivity index (χ0) is 26.0. The van der Waals surface area contributed by atoms with Gasteiger partial charge in [-0.2, -0.15) is 5.10 Å². The molecule has 0 unspecified atom stereocenters. The van der Waals surface area contributed by atoms with E-state index in [1.54, 1.807) is 18.3 Å². The predicted octanol–water partition coefficient (Wildman–Crippen LogP) is 5.98. The summed E-state index contributed by atoms with van der Waals surface area (Å²) in [4.78, 5) is 19.8. The van der Waals surface area contributed by atoms with Crippen molar-refractivity contribution in [1.29, 1.82) is 0 Å². The van der Waals surface area contributed by atoms with E-state index in [0.29, 0.717) is 30.6 Å². The lowest BCUT2D eigenvalue weighted by atomic mass is 9.86. The fourth-order valence-electron chi connectivity index (χ4n) is 6.64. The Morgan fingerprint density at radius 1 is 0.974 bits per heavy atom. The number of aryl methyl sites for hydroxylation is 2. The lowest BCUT2D eigenvalue weighted by molar-refractivity contribution is 0.0763. The number of hydrogen-bond acceptors (Lipinski definition) is 3. The number of nitrogens with zero attached hydrogens (tertiary/aromatic N) is 4. The fraction of sp³-hybridized carbons (Fsp3) is 0.219. The Bertz CT molecular complexity index is 1680. The van der Waals surface area contributed by atoms with Crippen molar-refractivity contribution in [3.63, 3.8) is 0 Å². The monoisotopic (exact) mass is 502 g/mol. The highest BCUT2D eigenvalue weighted by Crippen LogP contribution is 2.69. The number of halogens is 1. The molecule has 1 saturated heterocycles. The molecule has 0 N–H and O–H groups in total. The number of carbonyl (C=O) groups is 1. The highest BCUT2D eigenvalue weighted by molar-refractivity contribution is 5.93. The lowest BCUT2D eigenvalue weighted by Gasteiger charge is -2.25. The minimum Gasteiger partial charge on any atom is -0.336 e. The van der Waals surface area contributed by atoms with Crippen LogP contribution in [-0.4, -0.2) is 38.7 Å². The van der Waals surface area contributed by atoms with Gasteiger partial charge in [-0.1, -0.05) is 36.4 Å². The van der Waals surface area contributed by atoms with E-state index in [0.717, 1.165) is 22.2 Å². The van der Waals surface area contributed by atoms with Gasteiger partial charge in [0.15, 0.2) is 0 Å². The third-order valence-electron chi connectivity index (χ3n) is 8.44. The molecule has 6 heteroatoms. The Morgan fingerprint density at radius 2 is 1.76 bits per heavy atom. The average molecular weight is 503 g/mol. The van der Waals surface area contributed by atoms with E-state index >= 15 is 0 Å². The van der Waals surface area contributed by atoms with E-state index < -0.39 is 0 Å². The van der Waals surface area contributed by atoms with E-state index in [1.807, 2.05) is 40.9 Å². The molecule has 0 bridgehead atoms. The molecule has 2 fully saturated rings. The van der Waals surface area contributed by atoms with Crippen molar-refractivity contribution in [2.75, 3.05) is 13.1 Å². The largest absolute Gasteiger partial charge is 0.336 e. The molecule has 188 valence electrons. The van der Waals surface area contributed by atoms with Crippen molar-refractivity contribution in [3.8, 4) is 5.69 Å². The van der Waals surface area contributed by atoms with Gasteiger partial charge in [0, 0.05) is 36.0 Å². The molecule has 7 rings (SSSR count). The molecule has 2 aromatic heterocycles. The van der Waals surface area contributed by atoms with Gasteiger partial charge < -0.3 is 4.90 Å².